The van der Waals surface area contributed by atoms with E-state index < -0.39 is 4.92 Å². The molecule has 0 aliphatic carbocycles. The second-order valence-electron chi connectivity index (χ2n) is 6.42. The normalized spacial score (nSPS) is 10.4. The number of benzene rings is 2. The van der Waals surface area contributed by atoms with Gasteiger partial charge in [-0.2, -0.15) is 0 Å². The number of allylic oxidation sites excluding steroid dienone is 1. The average molecular weight is 455 g/mol. The predicted octanol–water partition coefficient (Wildman–Crippen LogP) is 3.79. The number of non-ortho nitro benzene ring substituents is 1. The van der Waals surface area contributed by atoms with Gasteiger partial charge in [0.2, 0.25) is 5.91 Å². The number of anilines is 1. The molecule has 1 aromatic heterocycles. The molecular weight excluding hydrogens is 434 g/mol. The van der Waals surface area contributed by atoms with Crippen LogP contribution < -0.4 is 14.8 Å². The van der Waals surface area contributed by atoms with Crippen LogP contribution in [0.2, 0.25) is 0 Å². The molecule has 166 valence electrons. The fourth-order valence-corrected chi connectivity index (χ4v) is 3.65. The summed E-state index contributed by atoms with van der Waals surface area (Å²) in [5.41, 5.74) is 1.02. The lowest BCUT2D eigenvalue weighted by molar-refractivity contribution is -0.384. The molecule has 10 nitrogen and oxygen atoms in total. The zero-order chi connectivity index (χ0) is 23.1. The van der Waals surface area contributed by atoms with Crippen LogP contribution in [0.5, 0.6) is 11.5 Å². The van der Waals surface area contributed by atoms with Crippen LogP contribution in [0.4, 0.5) is 11.4 Å². The molecule has 0 atom stereocenters. The van der Waals surface area contributed by atoms with Crippen LogP contribution in [0.25, 0.3) is 11.4 Å². The molecule has 3 aromatic rings. The number of nitro groups is 1. The molecule has 11 heteroatoms. The molecule has 0 saturated heterocycles. The molecule has 0 aliphatic heterocycles. The fraction of sp³-hybridized carbons (Fsp3) is 0.190. The third kappa shape index (κ3) is 5.24. The Morgan fingerprint density at radius 2 is 2.00 bits per heavy atom. The van der Waals surface area contributed by atoms with E-state index in [4.69, 9.17) is 9.47 Å². The van der Waals surface area contributed by atoms with Gasteiger partial charge in [-0.05, 0) is 24.3 Å². The minimum Gasteiger partial charge on any atom is -0.493 e. The molecule has 0 bridgehead atoms. The predicted molar refractivity (Wildman–Crippen MR) is 121 cm³/mol. The van der Waals surface area contributed by atoms with Crippen LogP contribution in [-0.2, 0) is 11.3 Å². The molecule has 0 unspecified atom stereocenters. The Balaban J connectivity index is 1.76. The van der Waals surface area contributed by atoms with Crippen molar-refractivity contribution < 1.29 is 19.2 Å². The average Bonchev–Trinajstić information content (AvgIpc) is 3.20. The first-order chi connectivity index (χ1) is 15.5. The molecule has 0 aliphatic rings. The van der Waals surface area contributed by atoms with Crippen molar-refractivity contribution in [2.75, 3.05) is 25.3 Å². The van der Waals surface area contributed by atoms with Crippen molar-refractivity contribution in [1.82, 2.24) is 14.8 Å². The lowest BCUT2D eigenvalue weighted by Gasteiger charge is -2.11. The zero-order valence-corrected chi connectivity index (χ0v) is 18.3. The molecule has 0 spiro atoms. The summed E-state index contributed by atoms with van der Waals surface area (Å²) < 4.78 is 12.5. The monoisotopic (exact) mass is 455 g/mol. The standard InChI is InChI=1S/C21H21N5O5S/c1-4-10-25-20(14-8-9-17(30-2)18(11-14)31-3)23-24-21(25)32-13-19(27)22-15-6-5-7-16(12-15)26(28)29/h4-9,11-12H,1,10,13H2,2-3H3,(H,22,27). The number of methoxy groups -OCH3 is 2. The third-order valence-electron chi connectivity index (χ3n) is 4.34. The first-order valence-corrected chi connectivity index (χ1v) is 10.4. The summed E-state index contributed by atoms with van der Waals surface area (Å²) in [5, 5.41) is 22.6. The van der Waals surface area contributed by atoms with Crippen molar-refractivity contribution >= 4 is 29.0 Å². The number of thioether (sulfide) groups is 1. The number of nitrogens with zero attached hydrogens (tertiary/aromatic N) is 4. The topological polar surface area (TPSA) is 121 Å². The van der Waals surface area contributed by atoms with E-state index in [0.29, 0.717) is 34.7 Å². The summed E-state index contributed by atoms with van der Waals surface area (Å²) in [6.07, 6.45) is 1.71. The summed E-state index contributed by atoms with van der Waals surface area (Å²) in [6, 6.07) is 11.2. The number of carbonyl (C=O) groups excluding carboxylic acids is 1. The molecule has 3 rings (SSSR count). The summed E-state index contributed by atoms with van der Waals surface area (Å²) in [7, 11) is 3.11. The Morgan fingerprint density at radius 1 is 1.22 bits per heavy atom. The van der Waals surface area contributed by atoms with E-state index in [1.807, 2.05) is 10.6 Å². The van der Waals surface area contributed by atoms with Gasteiger partial charge in [-0.3, -0.25) is 19.5 Å². The van der Waals surface area contributed by atoms with Crippen molar-refractivity contribution in [2.45, 2.75) is 11.7 Å². The van der Waals surface area contributed by atoms with Crippen molar-refractivity contribution in [3.05, 3.63) is 65.2 Å². The Kier molecular flexibility index (Phi) is 7.45. The van der Waals surface area contributed by atoms with Crippen LogP contribution in [0, 0.1) is 10.1 Å². The molecule has 1 amide bonds. The lowest BCUT2D eigenvalue weighted by Crippen LogP contribution is -2.14. The molecule has 32 heavy (non-hydrogen) atoms. The summed E-state index contributed by atoms with van der Waals surface area (Å²) >= 11 is 1.20. The number of carbonyl (C=O) groups is 1. The van der Waals surface area contributed by atoms with Crippen LogP contribution in [0.15, 0.2) is 60.3 Å². The SMILES string of the molecule is C=CCn1c(SCC(=O)Nc2cccc([N+](=O)[O-])c2)nnc1-c1ccc(OC)c(OC)c1. The van der Waals surface area contributed by atoms with Gasteiger partial charge in [0.15, 0.2) is 22.5 Å². The number of amides is 1. The maximum atomic E-state index is 12.4. The smallest absolute Gasteiger partial charge is 0.271 e. The molecule has 0 fully saturated rings. The van der Waals surface area contributed by atoms with Crippen molar-refractivity contribution in [1.29, 1.82) is 0 Å². The summed E-state index contributed by atoms with van der Waals surface area (Å²) in [6.45, 7) is 4.22. The Morgan fingerprint density at radius 3 is 2.69 bits per heavy atom. The molecule has 1 N–H and O–H groups in total. The van der Waals surface area contributed by atoms with Gasteiger partial charge in [-0.25, -0.2) is 0 Å². The van der Waals surface area contributed by atoms with Gasteiger partial charge in [-0.15, -0.1) is 16.8 Å². The molecule has 0 saturated carbocycles. The van der Waals surface area contributed by atoms with Crippen LogP contribution in [0.1, 0.15) is 0 Å². The van der Waals surface area contributed by atoms with E-state index in [1.165, 1.54) is 30.0 Å². The number of nitro benzene ring substituents is 1. The summed E-state index contributed by atoms with van der Waals surface area (Å²) in [5.74, 6) is 1.47. The number of hydrogen-bond acceptors (Lipinski definition) is 8. The highest BCUT2D eigenvalue weighted by molar-refractivity contribution is 7.99. The Bertz CT molecular complexity index is 1150. The van der Waals surface area contributed by atoms with Gasteiger partial charge >= 0.3 is 0 Å². The summed E-state index contributed by atoms with van der Waals surface area (Å²) in [4.78, 5) is 22.7. The van der Waals surface area contributed by atoms with Gasteiger partial charge in [0, 0.05) is 29.9 Å². The number of aromatic nitrogens is 3. The Labute approximate surface area is 188 Å². The maximum Gasteiger partial charge on any atom is 0.271 e. The van der Waals surface area contributed by atoms with Crippen LogP contribution in [-0.4, -0.2) is 45.6 Å². The second kappa shape index (κ2) is 10.4. The van der Waals surface area contributed by atoms with Crippen LogP contribution in [0.3, 0.4) is 0 Å². The van der Waals surface area contributed by atoms with Gasteiger partial charge < -0.3 is 14.8 Å². The first-order valence-electron chi connectivity index (χ1n) is 9.40. The zero-order valence-electron chi connectivity index (χ0n) is 17.5. The van der Waals surface area contributed by atoms with Crippen molar-refractivity contribution in [3.63, 3.8) is 0 Å². The van der Waals surface area contributed by atoms with Gasteiger partial charge in [0.1, 0.15) is 0 Å². The van der Waals surface area contributed by atoms with Gasteiger partial charge in [-0.1, -0.05) is 23.9 Å². The quantitative estimate of drug-likeness (QED) is 0.212. The Hall–Kier alpha value is -3.86. The van der Waals surface area contributed by atoms with Gasteiger partial charge in [0.25, 0.3) is 5.69 Å². The third-order valence-corrected chi connectivity index (χ3v) is 5.31. The molecular formula is C21H21N5O5S. The van der Waals surface area contributed by atoms with E-state index in [1.54, 1.807) is 38.5 Å². The number of hydrogen-bond donors (Lipinski definition) is 1. The fourth-order valence-electron chi connectivity index (χ4n) is 2.90. The highest BCUT2D eigenvalue weighted by Gasteiger charge is 2.17. The van der Waals surface area contributed by atoms with Crippen molar-refractivity contribution in [3.8, 4) is 22.9 Å². The second-order valence-corrected chi connectivity index (χ2v) is 7.36. The molecule has 1 heterocycles. The largest absolute Gasteiger partial charge is 0.493 e. The number of rotatable bonds is 10. The number of nitrogens with one attached hydrogen (secondary N) is 1. The van der Waals surface area contributed by atoms with Crippen molar-refractivity contribution in [2.24, 2.45) is 0 Å². The highest BCUT2D eigenvalue weighted by Crippen LogP contribution is 2.33. The molecule has 0 radical (unpaired) electrons. The van der Waals surface area contributed by atoms with Gasteiger partial charge in [0.05, 0.1) is 24.9 Å². The van der Waals surface area contributed by atoms with E-state index >= 15 is 0 Å². The van der Waals surface area contributed by atoms with E-state index in [9.17, 15) is 14.9 Å². The minimum absolute atomic E-state index is 0.0455. The van der Waals surface area contributed by atoms with E-state index in [0.717, 1.165) is 5.56 Å². The van der Waals surface area contributed by atoms with Crippen LogP contribution >= 0.6 is 11.8 Å². The number of ether oxygens (including phenoxy) is 2. The highest BCUT2D eigenvalue weighted by atomic mass is 32.2. The maximum absolute atomic E-state index is 12.4. The molecule has 2 aromatic carbocycles. The minimum atomic E-state index is -0.516. The van der Waals surface area contributed by atoms with E-state index in [-0.39, 0.29) is 17.3 Å². The van der Waals surface area contributed by atoms with E-state index in [2.05, 4.69) is 22.1 Å². The lowest BCUT2D eigenvalue weighted by atomic mass is 10.2. The first kappa shape index (κ1) is 22.8.